The maximum Gasteiger partial charge on any atom is -0.0233 e. The molecule has 0 nitrogen and oxygen atoms in total. The molecule has 34 heavy (non-hydrogen) atoms. The number of unbranched alkanes of at least 4 members (excludes halogenated alkanes) is 9. The van der Waals surface area contributed by atoms with Crippen LogP contribution in [-0.4, -0.2) is 0 Å². The first-order valence-electron chi connectivity index (χ1n) is 14.0. The van der Waals surface area contributed by atoms with E-state index in [0.29, 0.717) is 0 Å². The van der Waals surface area contributed by atoms with Crippen molar-refractivity contribution in [3.63, 3.8) is 0 Å². The molecule has 0 aliphatic rings. The summed E-state index contributed by atoms with van der Waals surface area (Å²) < 4.78 is 0. The molecule has 0 aliphatic carbocycles. The van der Waals surface area contributed by atoms with Crippen molar-refractivity contribution in [1.82, 2.24) is 0 Å². The minimum absolute atomic E-state index is 1.13. The Balaban J connectivity index is 1.53. The van der Waals surface area contributed by atoms with E-state index in [1.807, 2.05) is 0 Å². The fourth-order valence-electron chi connectivity index (χ4n) is 5.12. The minimum atomic E-state index is 1.13. The standard InChI is InChI=1S/C34H46/c1-2-3-4-5-6-7-8-9-10-17-23-32-24-18-25-33(28-26-30-19-13-11-14-20-30)34(32)29-27-31-21-15-12-16-22-31/h11-16,18-22,24-25H,2-10,17,23,26-29H2,1H3. The molecule has 0 N–H and O–H groups in total. The average molecular weight is 455 g/mol. The molecule has 0 amide bonds. The van der Waals surface area contributed by atoms with Gasteiger partial charge < -0.3 is 0 Å². The van der Waals surface area contributed by atoms with E-state index < -0.39 is 0 Å². The Hall–Kier alpha value is -2.34. The van der Waals surface area contributed by atoms with Crippen molar-refractivity contribution < 1.29 is 0 Å². The minimum Gasteiger partial charge on any atom is -0.0654 e. The van der Waals surface area contributed by atoms with Gasteiger partial charge in [0, 0.05) is 0 Å². The van der Waals surface area contributed by atoms with Crippen molar-refractivity contribution in [3.05, 3.63) is 107 Å². The number of benzene rings is 3. The molecule has 3 rings (SSSR count). The lowest BCUT2D eigenvalue weighted by atomic mass is 9.89. The summed E-state index contributed by atoms with van der Waals surface area (Å²) in [6.45, 7) is 2.30. The Kier molecular flexibility index (Phi) is 12.6. The molecule has 3 aromatic rings. The Labute approximate surface area is 209 Å². The van der Waals surface area contributed by atoms with E-state index in [1.165, 1.54) is 81.8 Å². The topological polar surface area (TPSA) is 0 Å². The highest BCUT2D eigenvalue weighted by Crippen LogP contribution is 2.22. The fraction of sp³-hybridized carbons (Fsp3) is 0.471. The number of rotatable bonds is 17. The second-order valence-corrected chi connectivity index (χ2v) is 9.96. The molecule has 0 radical (unpaired) electrons. The first-order chi connectivity index (χ1) is 16.9. The molecule has 0 spiro atoms. The van der Waals surface area contributed by atoms with E-state index in [4.69, 9.17) is 0 Å². The van der Waals surface area contributed by atoms with Crippen LogP contribution in [0.2, 0.25) is 0 Å². The predicted octanol–water partition coefficient (Wildman–Crippen LogP) is 9.72. The van der Waals surface area contributed by atoms with Crippen LogP contribution >= 0.6 is 0 Å². The van der Waals surface area contributed by atoms with Gasteiger partial charge in [0.25, 0.3) is 0 Å². The van der Waals surface area contributed by atoms with Gasteiger partial charge in [-0.05, 0) is 66.3 Å². The highest BCUT2D eigenvalue weighted by atomic mass is 14.1. The molecular weight excluding hydrogens is 408 g/mol. The summed E-state index contributed by atoms with van der Waals surface area (Å²) in [5, 5.41) is 0. The molecule has 0 saturated carbocycles. The van der Waals surface area contributed by atoms with Crippen LogP contribution in [-0.2, 0) is 32.1 Å². The van der Waals surface area contributed by atoms with Gasteiger partial charge in [-0.25, -0.2) is 0 Å². The SMILES string of the molecule is CCCCCCCCCCCCc1cccc(CCc2ccccc2)c1CCc1ccccc1. The van der Waals surface area contributed by atoms with E-state index in [2.05, 4.69) is 85.8 Å². The third kappa shape index (κ3) is 9.88. The van der Waals surface area contributed by atoms with Crippen LogP contribution in [0.3, 0.4) is 0 Å². The van der Waals surface area contributed by atoms with Gasteiger partial charge in [0.15, 0.2) is 0 Å². The molecule has 0 saturated heterocycles. The van der Waals surface area contributed by atoms with E-state index in [-0.39, 0.29) is 0 Å². The molecule has 0 aromatic heterocycles. The molecule has 0 heteroatoms. The van der Waals surface area contributed by atoms with E-state index in [1.54, 1.807) is 16.7 Å². The highest BCUT2D eigenvalue weighted by molar-refractivity contribution is 5.37. The van der Waals surface area contributed by atoms with Crippen molar-refractivity contribution in [3.8, 4) is 0 Å². The van der Waals surface area contributed by atoms with Crippen LogP contribution in [0.15, 0.2) is 78.9 Å². The van der Waals surface area contributed by atoms with Gasteiger partial charge in [-0.15, -0.1) is 0 Å². The van der Waals surface area contributed by atoms with Crippen molar-refractivity contribution >= 4 is 0 Å². The zero-order chi connectivity index (χ0) is 23.7. The van der Waals surface area contributed by atoms with E-state index >= 15 is 0 Å². The fourth-order valence-corrected chi connectivity index (χ4v) is 5.12. The predicted molar refractivity (Wildman–Crippen MR) is 150 cm³/mol. The van der Waals surface area contributed by atoms with Crippen molar-refractivity contribution in [2.45, 2.75) is 103 Å². The summed E-state index contributed by atoms with van der Waals surface area (Å²) in [4.78, 5) is 0. The number of hydrogen-bond acceptors (Lipinski definition) is 0. The van der Waals surface area contributed by atoms with Crippen LogP contribution in [0.5, 0.6) is 0 Å². The Morgan fingerprint density at radius 2 is 0.853 bits per heavy atom. The van der Waals surface area contributed by atoms with Crippen LogP contribution in [0.4, 0.5) is 0 Å². The molecule has 0 fully saturated rings. The zero-order valence-corrected chi connectivity index (χ0v) is 21.6. The molecule has 0 aliphatic heterocycles. The summed E-state index contributed by atoms with van der Waals surface area (Å²) in [5.74, 6) is 0. The van der Waals surface area contributed by atoms with Gasteiger partial charge in [-0.2, -0.15) is 0 Å². The van der Waals surface area contributed by atoms with E-state index in [0.717, 1.165) is 25.7 Å². The van der Waals surface area contributed by atoms with Crippen LogP contribution < -0.4 is 0 Å². The summed E-state index contributed by atoms with van der Waals surface area (Å²) in [5.41, 5.74) is 7.67. The average Bonchev–Trinajstić information content (AvgIpc) is 2.89. The summed E-state index contributed by atoms with van der Waals surface area (Å²) in [6, 6.07) is 29.0. The second kappa shape index (κ2) is 16.3. The molecule has 0 unspecified atom stereocenters. The first kappa shape index (κ1) is 26.3. The monoisotopic (exact) mass is 454 g/mol. The maximum absolute atomic E-state index is 2.40. The summed E-state index contributed by atoms with van der Waals surface area (Å²) in [7, 11) is 0. The Morgan fingerprint density at radius 1 is 0.382 bits per heavy atom. The largest absolute Gasteiger partial charge is 0.0654 e. The second-order valence-electron chi connectivity index (χ2n) is 9.96. The summed E-state index contributed by atoms with van der Waals surface area (Å²) in [6.07, 6.45) is 19.8. The molecule has 3 aromatic carbocycles. The molecule has 0 bridgehead atoms. The normalized spacial score (nSPS) is 11.1. The molecular formula is C34H46. The Bertz CT molecular complexity index is 894. The van der Waals surface area contributed by atoms with Crippen molar-refractivity contribution in [2.75, 3.05) is 0 Å². The summed E-state index contributed by atoms with van der Waals surface area (Å²) >= 11 is 0. The third-order valence-corrected chi connectivity index (χ3v) is 7.20. The van der Waals surface area contributed by atoms with Crippen LogP contribution in [0.1, 0.15) is 98.9 Å². The van der Waals surface area contributed by atoms with Gasteiger partial charge in [0.1, 0.15) is 0 Å². The number of hydrogen-bond donors (Lipinski definition) is 0. The van der Waals surface area contributed by atoms with Gasteiger partial charge in [0.05, 0.1) is 0 Å². The van der Waals surface area contributed by atoms with Gasteiger partial charge >= 0.3 is 0 Å². The third-order valence-electron chi connectivity index (χ3n) is 7.20. The lowest BCUT2D eigenvalue weighted by Gasteiger charge is -2.16. The molecule has 0 atom stereocenters. The van der Waals surface area contributed by atoms with Crippen LogP contribution in [0, 0.1) is 0 Å². The van der Waals surface area contributed by atoms with E-state index in [9.17, 15) is 0 Å². The Morgan fingerprint density at radius 3 is 1.41 bits per heavy atom. The highest BCUT2D eigenvalue weighted by Gasteiger charge is 2.10. The maximum atomic E-state index is 2.40. The molecule has 0 heterocycles. The smallest absolute Gasteiger partial charge is 0.0233 e. The quantitative estimate of drug-likeness (QED) is 0.178. The first-order valence-corrected chi connectivity index (χ1v) is 14.0. The lowest BCUT2D eigenvalue weighted by Crippen LogP contribution is -2.04. The lowest BCUT2D eigenvalue weighted by molar-refractivity contribution is 0.556. The van der Waals surface area contributed by atoms with Gasteiger partial charge in [-0.1, -0.05) is 144 Å². The van der Waals surface area contributed by atoms with Crippen LogP contribution in [0.25, 0.3) is 0 Å². The van der Waals surface area contributed by atoms with Crippen molar-refractivity contribution in [1.29, 1.82) is 0 Å². The van der Waals surface area contributed by atoms with Crippen molar-refractivity contribution in [2.24, 2.45) is 0 Å². The zero-order valence-electron chi connectivity index (χ0n) is 21.6. The number of aryl methyl sites for hydroxylation is 4. The van der Waals surface area contributed by atoms with Gasteiger partial charge in [-0.3, -0.25) is 0 Å². The molecule has 182 valence electrons. The van der Waals surface area contributed by atoms with Gasteiger partial charge in [0.2, 0.25) is 0 Å².